The zero-order chi connectivity index (χ0) is 43.6. The highest BCUT2D eigenvalue weighted by atomic mass is 16.3. The maximum Gasteiger partial charge on any atom is 0.167 e. The van der Waals surface area contributed by atoms with E-state index in [4.69, 9.17) is 26.2 Å². The molecule has 3 aromatic heterocycles. The van der Waals surface area contributed by atoms with Crippen LogP contribution in [0, 0.1) is 0 Å². The Morgan fingerprint density at radius 2 is 1.12 bits per heavy atom. The van der Waals surface area contributed by atoms with E-state index in [2.05, 4.69) is 97.3 Å². The quantitative estimate of drug-likeness (QED) is 0.175. The average Bonchev–Trinajstić information content (AvgIpc) is 3.96. The molecule has 0 radical (unpaired) electrons. The zero-order valence-corrected chi connectivity index (χ0v) is 32.1. The van der Waals surface area contributed by atoms with Gasteiger partial charge in [-0.2, -0.15) is 0 Å². The highest BCUT2D eigenvalue weighted by Gasteiger charge is 2.37. The smallest absolute Gasteiger partial charge is 0.167 e. The van der Waals surface area contributed by atoms with Gasteiger partial charge in [-0.25, -0.2) is 15.0 Å². The Bertz CT molecular complexity index is 3700. The SMILES string of the molecule is [2H]c1c([2H])c([2H])c(-c2cccc3oc4c(-c5nc(-c6ccccc6)nc(-c6cccc7c6-c6ccccc6C7(C)C)n5)cc(-n5c6ccccc6c6ccccc65)cc4c23)c([2H])c1[2H]. The Morgan fingerprint density at radius 1 is 0.508 bits per heavy atom. The lowest BCUT2D eigenvalue weighted by atomic mass is 9.82. The molecule has 278 valence electrons. The Balaban J connectivity index is 1.21. The van der Waals surface area contributed by atoms with Crippen LogP contribution in [0.4, 0.5) is 0 Å². The molecule has 5 heteroatoms. The van der Waals surface area contributed by atoms with Crippen molar-refractivity contribution in [3.63, 3.8) is 0 Å². The van der Waals surface area contributed by atoms with Gasteiger partial charge in [-0.3, -0.25) is 0 Å². The van der Waals surface area contributed by atoms with Gasteiger partial charge in [0.15, 0.2) is 17.5 Å². The zero-order valence-electron chi connectivity index (χ0n) is 37.1. The molecule has 0 atom stereocenters. The minimum Gasteiger partial charge on any atom is -0.455 e. The number of furan rings is 1. The first-order valence-electron chi connectivity index (χ1n) is 22.2. The fourth-order valence-electron chi connectivity index (χ4n) is 9.28. The van der Waals surface area contributed by atoms with E-state index < -0.39 is 18.1 Å². The van der Waals surface area contributed by atoms with E-state index in [9.17, 15) is 0 Å². The summed E-state index contributed by atoms with van der Waals surface area (Å²) in [6, 6.07) is 49.1. The van der Waals surface area contributed by atoms with Gasteiger partial charge in [0, 0.05) is 43.8 Å². The standard InChI is InChI=1S/C54H36N4O/c1-54(2)43-26-12-9-23-39(43)48-40(25-15-27-44(48)54)52-55-51(34-19-7-4-8-20-34)56-53(57-52)42-32-35(58-45-28-13-10-21-37(45)38-22-11-14-29-46(38)58)31-41-49-36(33-17-5-3-6-18-33)24-16-30-47(49)59-50(41)42/h3-32H,1-2H3/i3D,5D,6D,17D,18D. The summed E-state index contributed by atoms with van der Waals surface area (Å²) in [6.07, 6.45) is 0. The molecule has 0 N–H and O–H groups in total. The second-order valence-electron chi connectivity index (χ2n) is 15.6. The lowest BCUT2D eigenvalue weighted by Crippen LogP contribution is -2.14. The van der Waals surface area contributed by atoms with Gasteiger partial charge in [-0.15, -0.1) is 0 Å². The molecular formula is C54H36N4O. The molecule has 59 heavy (non-hydrogen) atoms. The second-order valence-corrected chi connectivity index (χ2v) is 15.6. The molecule has 0 saturated carbocycles. The number of para-hydroxylation sites is 2. The van der Waals surface area contributed by atoms with Crippen molar-refractivity contribution in [2.45, 2.75) is 19.3 Å². The first-order chi connectivity index (χ1) is 31.1. The number of rotatable bonds is 5. The molecule has 0 fully saturated rings. The molecule has 5 nitrogen and oxygen atoms in total. The fraction of sp³-hybridized carbons (Fsp3) is 0.0556. The number of aromatic nitrogens is 4. The highest BCUT2D eigenvalue weighted by Crippen LogP contribution is 2.52. The van der Waals surface area contributed by atoms with Crippen molar-refractivity contribution in [1.82, 2.24) is 19.5 Å². The van der Waals surface area contributed by atoms with Crippen molar-refractivity contribution in [3.8, 4) is 62.1 Å². The van der Waals surface area contributed by atoms with Gasteiger partial charge < -0.3 is 8.98 Å². The lowest BCUT2D eigenvalue weighted by Gasteiger charge is -2.21. The van der Waals surface area contributed by atoms with Crippen molar-refractivity contribution in [2.24, 2.45) is 0 Å². The molecule has 1 aliphatic carbocycles. The Labute approximate surface area is 347 Å². The third kappa shape index (κ3) is 5.01. The van der Waals surface area contributed by atoms with Gasteiger partial charge >= 0.3 is 0 Å². The summed E-state index contributed by atoms with van der Waals surface area (Å²) in [7, 11) is 0. The van der Waals surface area contributed by atoms with E-state index >= 15 is 0 Å². The highest BCUT2D eigenvalue weighted by molar-refractivity contribution is 6.17. The van der Waals surface area contributed by atoms with E-state index in [-0.39, 0.29) is 23.1 Å². The van der Waals surface area contributed by atoms with Crippen LogP contribution in [-0.4, -0.2) is 19.5 Å². The van der Waals surface area contributed by atoms with Gasteiger partial charge in [0.25, 0.3) is 0 Å². The normalized spacial score (nSPS) is 14.2. The van der Waals surface area contributed by atoms with E-state index in [1.807, 2.05) is 60.7 Å². The van der Waals surface area contributed by atoms with E-state index in [0.29, 0.717) is 50.5 Å². The number of hydrogen-bond acceptors (Lipinski definition) is 4. The van der Waals surface area contributed by atoms with Gasteiger partial charge in [-0.05, 0) is 63.7 Å². The summed E-state index contributed by atoms with van der Waals surface area (Å²) in [4.78, 5) is 15.9. The fourth-order valence-corrected chi connectivity index (χ4v) is 9.28. The maximum atomic E-state index is 9.02. The molecule has 0 aliphatic heterocycles. The molecule has 12 rings (SSSR count). The van der Waals surface area contributed by atoms with Crippen molar-refractivity contribution < 1.29 is 11.3 Å². The molecule has 11 aromatic rings. The minimum absolute atomic E-state index is 0.0954. The van der Waals surface area contributed by atoms with Crippen LogP contribution in [0.25, 0.3) is 106 Å². The molecule has 3 heterocycles. The number of benzene rings is 8. The Hall–Kier alpha value is -7.63. The predicted octanol–water partition coefficient (Wildman–Crippen LogP) is 13.8. The number of hydrogen-bond donors (Lipinski definition) is 0. The summed E-state index contributed by atoms with van der Waals surface area (Å²) in [5.41, 5.74) is 11.1. The van der Waals surface area contributed by atoms with Crippen molar-refractivity contribution in [3.05, 3.63) is 193 Å². The van der Waals surface area contributed by atoms with Crippen LogP contribution in [-0.2, 0) is 5.41 Å². The second kappa shape index (κ2) is 12.7. The Morgan fingerprint density at radius 3 is 1.90 bits per heavy atom. The first kappa shape index (κ1) is 28.7. The van der Waals surface area contributed by atoms with Crippen LogP contribution < -0.4 is 0 Å². The molecule has 0 bridgehead atoms. The predicted molar refractivity (Wildman–Crippen MR) is 241 cm³/mol. The summed E-state index contributed by atoms with van der Waals surface area (Å²) in [5.74, 6) is 1.40. The summed E-state index contributed by atoms with van der Waals surface area (Å²) in [5, 5.41) is 3.46. The Kier molecular flexibility index (Phi) is 6.18. The monoisotopic (exact) mass is 761 g/mol. The van der Waals surface area contributed by atoms with E-state index in [1.165, 1.54) is 11.1 Å². The van der Waals surface area contributed by atoms with Gasteiger partial charge in [0.2, 0.25) is 0 Å². The minimum atomic E-state index is -0.449. The van der Waals surface area contributed by atoms with Crippen LogP contribution >= 0.6 is 0 Å². The summed E-state index contributed by atoms with van der Waals surface area (Å²) < 4.78 is 52.7. The number of nitrogens with zero attached hydrogens (tertiary/aromatic N) is 4. The third-order valence-electron chi connectivity index (χ3n) is 11.9. The van der Waals surface area contributed by atoms with Crippen LogP contribution in [0.5, 0.6) is 0 Å². The first-order valence-corrected chi connectivity index (χ1v) is 19.7. The van der Waals surface area contributed by atoms with Gasteiger partial charge in [0.1, 0.15) is 11.2 Å². The van der Waals surface area contributed by atoms with Crippen molar-refractivity contribution in [2.75, 3.05) is 0 Å². The van der Waals surface area contributed by atoms with Gasteiger partial charge in [-0.1, -0.05) is 165 Å². The largest absolute Gasteiger partial charge is 0.455 e. The van der Waals surface area contributed by atoms with E-state index in [0.717, 1.165) is 49.7 Å². The summed E-state index contributed by atoms with van der Waals surface area (Å²) >= 11 is 0. The molecule has 0 spiro atoms. The topological polar surface area (TPSA) is 56.7 Å². The number of fused-ring (bicyclic) bond motifs is 9. The van der Waals surface area contributed by atoms with Crippen LogP contribution in [0.2, 0.25) is 0 Å². The van der Waals surface area contributed by atoms with Crippen LogP contribution in [0.3, 0.4) is 0 Å². The molecule has 0 unspecified atom stereocenters. The third-order valence-corrected chi connectivity index (χ3v) is 11.9. The van der Waals surface area contributed by atoms with E-state index in [1.54, 1.807) is 12.1 Å². The van der Waals surface area contributed by atoms with Crippen LogP contribution in [0.15, 0.2) is 186 Å². The molecule has 0 amide bonds. The van der Waals surface area contributed by atoms with Crippen LogP contribution in [0.1, 0.15) is 31.8 Å². The van der Waals surface area contributed by atoms with Crippen molar-refractivity contribution >= 4 is 43.7 Å². The molecular weight excluding hydrogens is 721 g/mol. The molecule has 0 saturated heterocycles. The summed E-state index contributed by atoms with van der Waals surface area (Å²) in [6.45, 7) is 4.51. The average molecular weight is 762 g/mol. The van der Waals surface area contributed by atoms with Crippen molar-refractivity contribution in [1.29, 1.82) is 0 Å². The molecule has 8 aromatic carbocycles. The molecule has 1 aliphatic rings. The van der Waals surface area contributed by atoms with Gasteiger partial charge in [0.05, 0.1) is 23.5 Å². The maximum absolute atomic E-state index is 9.02. The lowest BCUT2D eigenvalue weighted by molar-refractivity contribution is 0.660.